The van der Waals surface area contributed by atoms with E-state index in [1.165, 1.54) is 46.0 Å². The molecule has 1 amide bonds. The highest BCUT2D eigenvalue weighted by Gasteiger charge is 2.11. The van der Waals surface area contributed by atoms with E-state index in [-0.39, 0.29) is 17.4 Å². The topological polar surface area (TPSA) is 81.7 Å². The maximum absolute atomic E-state index is 12.0. The van der Waals surface area contributed by atoms with E-state index < -0.39 is 11.9 Å². The van der Waals surface area contributed by atoms with E-state index in [0.717, 1.165) is 18.4 Å². The fourth-order valence-corrected chi connectivity index (χ4v) is 2.67. The van der Waals surface area contributed by atoms with Crippen molar-refractivity contribution >= 4 is 17.8 Å². The molecular weight excluding hydrogens is 346 g/mol. The second kappa shape index (κ2) is 12.9. The van der Waals surface area contributed by atoms with E-state index >= 15 is 0 Å². The number of benzene rings is 1. The Morgan fingerprint density at radius 1 is 0.852 bits per heavy atom. The van der Waals surface area contributed by atoms with Crippen LogP contribution in [0.3, 0.4) is 0 Å². The number of ether oxygens (including phenoxy) is 2. The number of hydrogen-bond acceptors (Lipinski definition) is 5. The second-order valence-electron chi connectivity index (χ2n) is 6.62. The molecule has 1 rings (SSSR count). The number of carbonyl (C=O) groups excluding carboxylic acids is 3. The molecule has 1 aromatic rings. The van der Waals surface area contributed by atoms with Gasteiger partial charge in [0.25, 0.3) is 0 Å². The number of rotatable bonds is 12. The standard InChI is InChI=1S/C21H31NO5/c1-4-5-6-7-8-9-10-11-21(25)22-15-18-12-13-19(26-16(2)23)20(14-18)27-17(3)24/h12-14H,4-11,15H2,1-3H3,(H,22,25). The lowest BCUT2D eigenvalue weighted by atomic mass is 10.1. The highest BCUT2D eigenvalue weighted by molar-refractivity contribution is 5.76. The van der Waals surface area contributed by atoms with Gasteiger partial charge in [0, 0.05) is 26.8 Å². The fraction of sp³-hybridized carbons (Fsp3) is 0.571. The highest BCUT2D eigenvalue weighted by Crippen LogP contribution is 2.28. The van der Waals surface area contributed by atoms with Gasteiger partial charge in [0.05, 0.1) is 0 Å². The third-order valence-corrected chi connectivity index (χ3v) is 4.01. The van der Waals surface area contributed by atoms with Gasteiger partial charge < -0.3 is 14.8 Å². The molecule has 0 saturated carbocycles. The molecule has 0 aromatic heterocycles. The van der Waals surface area contributed by atoms with Crippen molar-refractivity contribution in [2.24, 2.45) is 0 Å². The van der Waals surface area contributed by atoms with E-state index in [0.29, 0.717) is 13.0 Å². The summed E-state index contributed by atoms with van der Waals surface area (Å²) < 4.78 is 10.1. The quantitative estimate of drug-likeness (QED) is 0.334. The molecule has 0 heterocycles. The van der Waals surface area contributed by atoms with Crippen molar-refractivity contribution < 1.29 is 23.9 Å². The van der Waals surface area contributed by atoms with Crippen LogP contribution < -0.4 is 14.8 Å². The third-order valence-electron chi connectivity index (χ3n) is 4.01. The van der Waals surface area contributed by atoms with Crippen LogP contribution in [0, 0.1) is 0 Å². The number of esters is 2. The second-order valence-corrected chi connectivity index (χ2v) is 6.62. The minimum absolute atomic E-state index is 0.00153. The Hall–Kier alpha value is -2.37. The van der Waals surface area contributed by atoms with Gasteiger partial charge in [-0.05, 0) is 24.1 Å². The van der Waals surface area contributed by atoms with E-state index in [4.69, 9.17) is 9.47 Å². The average Bonchev–Trinajstić information content (AvgIpc) is 2.60. The number of hydrogen-bond donors (Lipinski definition) is 1. The van der Waals surface area contributed by atoms with Crippen LogP contribution in [0.15, 0.2) is 18.2 Å². The van der Waals surface area contributed by atoms with E-state index in [2.05, 4.69) is 12.2 Å². The first kappa shape index (κ1) is 22.7. The highest BCUT2D eigenvalue weighted by atomic mass is 16.6. The molecule has 6 nitrogen and oxygen atoms in total. The van der Waals surface area contributed by atoms with Gasteiger partial charge in [-0.15, -0.1) is 0 Å². The molecule has 0 fully saturated rings. The molecule has 1 aromatic carbocycles. The summed E-state index contributed by atoms with van der Waals surface area (Å²) in [7, 11) is 0. The molecule has 150 valence electrons. The Balaban J connectivity index is 2.43. The zero-order valence-electron chi connectivity index (χ0n) is 16.6. The molecule has 0 aliphatic heterocycles. The van der Waals surface area contributed by atoms with Crippen LogP contribution in [0.5, 0.6) is 11.5 Å². The zero-order chi connectivity index (χ0) is 20.1. The van der Waals surface area contributed by atoms with Gasteiger partial charge in [-0.25, -0.2) is 0 Å². The van der Waals surface area contributed by atoms with Crippen molar-refractivity contribution in [1.82, 2.24) is 5.32 Å². The molecule has 0 atom stereocenters. The average molecular weight is 377 g/mol. The first-order chi connectivity index (χ1) is 12.9. The monoisotopic (exact) mass is 377 g/mol. The summed E-state index contributed by atoms with van der Waals surface area (Å²) in [5.41, 5.74) is 0.759. The van der Waals surface area contributed by atoms with Crippen molar-refractivity contribution in [1.29, 1.82) is 0 Å². The Labute approximate surface area is 161 Å². The normalized spacial score (nSPS) is 10.3. The summed E-state index contributed by atoms with van der Waals surface area (Å²) in [6.45, 7) is 5.07. The smallest absolute Gasteiger partial charge is 0.308 e. The van der Waals surface area contributed by atoms with E-state index in [1.807, 2.05) is 0 Å². The van der Waals surface area contributed by atoms with Crippen LogP contribution in [0.1, 0.15) is 77.7 Å². The van der Waals surface area contributed by atoms with Crippen LogP contribution in [-0.2, 0) is 20.9 Å². The molecule has 0 unspecified atom stereocenters. The van der Waals surface area contributed by atoms with Crippen molar-refractivity contribution in [2.75, 3.05) is 0 Å². The minimum Gasteiger partial charge on any atom is -0.423 e. The van der Waals surface area contributed by atoms with Gasteiger partial charge in [-0.1, -0.05) is 51.5 Å². The molecule has 6 heteroatoms. The van der Waals surface area contributed by atoms with Gasteiger partial charge >= 0.3 is 11.9 Å². The Bertz CT molecular complexity index is 627. The maximum atomic E-state index is 12.0. The minimum atomic E-state index is -0.511. The van der Waals surface area contributed by atoms with Crippen molar-refractivity contribution in [3.8, 4) is 11.5 Å². The summed E-state index contributed by atoms with van der Waals surface area (Å²) in [6, 6.07) is 4.87. The summed E-state index contributed by atoms with van der Waals surface area (Å²) in [6.07, 6.45) is 8.69. The summed E-state index contributed by atoms with van der Waals surface area (Å²) in [4.78, 5) is 34.3. The van der Waals surface area contributed by atoms with Crippen molar-refractivity contribution in [3.05, 3.63) is 23.8 Å². The van der Waals surface area contributed by atoms with Crippen molar-refractivity contribution in [3.63, 3.8) is 0 Å². The maximum Gasteiger partial charge on any atom is 0.308 e. The molecule has 0 spiro atoms. The van der Waals surface area contributed by atoms with Gasteiger partial charge in [-0.3, -0.25) is 14.4 Å². The van der Waals surface area contributed by atoms with Crippen LogP contribution in [0.25, 0.3) is 0 Å². The molecule has 0 aliphatic rings. The zero-order valence-corrected chi connectivity index (χ0v) is 16.6. The molecule has 0 radical (unpaired) electrons. The predicted octanol–water partition coefficient (Wildman–Crippen LogP) is 4.29. The SMILES string of the molecule is CCCCCCCCCC(=O)NCc1ccc(OC(C)=O)c(OC(C)=O)c1. The summed E-state index contributed by atoms with van der Waals surface area (Å²) in [5, 5.41) is 2.86. The summed E-state index contributed by atoms with van der Waals surface area (Å²) >= 11 is 0. The number of unbranched alkanes of at least 4 members (excludes halogenated alkanes) is 6. The lowest BCUT2D eigenvalue weighted by molar-refractivity contribution is -0.134. The molecule has 0 saturated heterocycles. The van der Waals surface area contributed by atoms with Crippen LogP contribution in [0.4, 0.5) is 0 Å². The molecule has 0 bridgehead atoms. The molecular formula is C21H31NO5. The number of amides is 1. The Kier molecular flexibility index (Phi) is 10.8. The van der Waals surface area contributed by atoms with Crippen LogP contribution >= 0.6 is 0 Å². The van der Waals surface area contributed by atoms with Gasteiger partial charge in [0.2, 0.25) is 5.91 Å². The van der Waals surface area contributed by atoms with E-state index in [1.54, 1.807) is 18.2 Å². The van der Waals surface area contributed by atoms with Gasteiger partial charge in [-0.2, -0.15) is 0 Å². The fourth-order valence-electron chi connectivity index (χ4n) is 2.67. The summed E-state index contributed by atoms with van der Waals surface area (Å²) in [5.74, 6) is -0.670. The van der Waals surface area contributed by atoms with Gasteiger partial charge in [0.1, 0.15) is 0 Å². The lowest BCUT2D eigenvalue weighted by Gasteiger charge is -2.11. The first-order valence-corrected chi connectivity index (χ1v) is 9.68. The number of nitrogens with one attached hydrogen (secondary N) is 1. The lowest BCUT2D eigenvalue weighted by Crippen LogP contribution is -2.22. The van der Waals surface area contributed by atoms with Crippen molar-refractivity contribution in [2.45, 2.75) is 78.7 Å². The van der Waals surface area contributed by atoms with Gasteiger partial charge in [0.15, 0.2) is 11.5 Å². The van der Waals surface area contributed by atoms with Crippen LogP contribution in [-0.4, -0.2) is 17.8 Å². The Morgan fingerprint density at radius 3 is 2.07 bits per heavy atom. The molecule has 1 N–H and O–H groups in total. The Morgan fingerprint density at radius 2 is 1.44 bits per heavy atom. The largest absolute Gasteiger partial charge is 0.423 e. The molecule has 27 heavy (non-hydrogen) atoms. The first-order valence-electron chi connectivity index (χ1n) is 9.68. The van der Waals surface area contributed by atoms with E-state index in [9.17, 15) is 14.4 Å². The molecule has 0 aliphatic carbocycles. The third kappa shape index (κ3) is 10.4. The number of carbonyl (C=O) groups is 3. The van der Waals surface area contributed by atoms with Crippen LogP contribution in [0.2, 0.25) is 0 Å². The predicted molar refractivity (Wildman–Crippen MR) is 104 cm³/mol.